The van der Waals surface area contributed by atoms with E-state index in [-0.39, 0.29) is 11.8 Å². The zero-order valence-corrected chi connectivity index (χ0v) is 19.7. The molecule has 1 aromatic heterocycles. The fourth-order valence-electron chi connectivity index (χ4n) is 4.03. The molecule has 1 amide bonds. The molecule has 0 saturated carbocycles. The molecule has 2 aromatic rings. The van der Waals surface area contributed by atoms with Crippen molar-refractivity contribution < 1.29 is 13.2 Å². The Hall–Kier alpha value is -1.75. The number of hydrogen-bond donors (Lipinski definition) is 1. The Morgan fingerprint density at radius 1 is 1.23 bits per heavy atom. The molecule has 31 heavy (non-hydrogen) atoms. The molecule has 0 bridgehead atoms. The number of fused-ring (bicyclic) bond motifs is 1. The number of aryl methyl sites for hydroxylation is 2. The molecule has 0 unspecified atom stereocenters. The van der Waals surface area contributed by atoms with Gasteiger partial charge in [0.1, 0.15) is 0 Å². The molecular formula is C21H26N4O3S3. The fourth-order valence-corrected chi connectivity index (χ4v) is 7.07. The molecule has 1 N–H and O–H groups in total. The number of aromatic nitrogens is 2. The van der Waals surface area contributed by atoms with Crippen molar-refractivity contribution in [2.24, 2.45) is 5.92 Å². The molecule has 1 aromatic carbocycles. The molecule has 166 valence electrons. The quantitative estimate of drug-likeness (QED) is 0.370. The minimum atomic E-state index is -3.54. The summed E-state index contributed by atoms with van der Waals surface area (Å²) in [5.74, 6) is 0.380. The van der Waals surface area contributed by atoms with Gasteiger partial charge in [0, 0.05) is 24.8 Å². The second kappa shape index (κ2) is 9.81. The highest BCUT2D eigenvalue weighted by Gasteiger charge is 2.32. The summed E-state index contributed by atoms with van der Waals surface area (Å²) < 4.78 is 28.5. The zero-order chi connectivity index (χ0) is 21.8. The molecule has 2 aliphatic rings. The summed E-state index contributed by atoms with van der Waals surface area (Å²) in [6.45, 7) is 4.36. The molecule has 1 fully saturated rings. The van der Waals surface area contributed by atoms with E-state index in [1.54, 1.807) is 12.1 Å². The van der Waals surface area contributed by atoms with Gasteiger partial charge in [0.2, 0.25) is 21.1 Å². The number of nitrogens with zero attached hydrogens (tertiary/aromatic N) is 3. The molecule has 0 spiro atoms. The fraction of sp³-hybridized carbons (Fsp3) is 0.476. The number of anilines is 1. The third kappa shape index (κ3) is 5.19. The highest BCUT2D eigenvalue weighted by atomic mass is 32.2. The summed E-state index contributed by atoms with van der Waals surface area (Å²) in [7, 11) is -3.54. The number of rotatable bonds is 7. The molecule has 10 heteroatoms. The van der Waals surface area contributed by atoms with Crippen LogP contribution in [0.3, 0.4) is 0 Å². The Morgan fingerprint density at radius 3 is 2.71 bits per heavy atom. The van der Waals surface area contributed by atoms with Gasteiger partial charge in [-0.15, -0.1) is 16.8 Å². The smallest absolute Gasteiger partial charge is 0.243 e. The number of thioether (sulfide) groups is 1. The summed E-state index contributed by atoms with van der Waals surface area (Å²) in [6, 6.07) is 5.54. The number of carbonyl (C=O) groups excluding carboxylic acids is 1. The number of carbonyl (C=O) groups is 1. The molecule has 0 atom stereocenters. The monoisotopic (exact) mass is 478 g/mol. The molecule has 7 nitrogen and oxygen atoms in total. The van der Waals surface area contributed by atoms with Crippen LogP contribution in [-0.4, -0.2) is 47.7 Å². The van der Waals surface area contributed by atoms with Gasteiger partial charge in [-0.1, -0.05) is 35.2 Å². The predicted octanol–water partition coefficient (Wildman–Crippen LogP) is 3.73. The lowest BCUT2D eigenvalue weighted by atomic mass is 9.92. The van der Waals surface area contributed by atoms with Crippen LogP contribution in [0.15, 0.2) is 40.1 Å². The van der Waals surface area contributed by atoms with Crippen molar-refractivity contribution in [3.63, 3.8) is 0 Å². The van der Waals surface area contributed by atoms with E-state index in [0.29, 0.717) is 36.0 Å². The number of hydrogen-bond acceptors (Lipinski definition) is 7. The maximum Gasteiger partial charge on any atom is 0.243 e. The highest BCUT2D eigenvalue weighted by molar-refractivity contribution is 8.01. The lowest BCUT2D eigenvalue weighted by Crippen LogP contribution is -2.41. The Kier molecular flexibility index (Phi) is 7.10. The van der Waals surface area contributed by atoms with E-state index < -0.39 is 10.0 Å². The number of benzene rings is 1. The van der Waals surface area contributed by atoms with Crippen LogP contribution in [0.2, 0.25) is 0 Å². The van der Waals surface area contributed by atoms with E-state index in [1.165, 1.54) is 39.4 Å². The molecule has 1 aliphatic carbocycles. The Bertz CT molecular complexity index is 1060. The first-order valence-corrected chi connectivity index (χ1v) is 13.7. The Labute approximate surface area is 191 Å². The number of piperidine rings is 1. The van der Waals surface area contributed by atoms with E-state index in [2.05, 4.69) is 22.1 Å². The lowest BCUT2D eigenvalue weighted by Gasteiger charge is -2.30. The SMILES string of the molecule is C=CCSc1nnc(NC(=O)C2CCN(S(=O)(=O)c3ccc4c(c3)CCCC4)CC2)s1. The summed E-state index contributed by atoms with van der Waals surface area (Å²) in [6.07, 6.45) is 7.02. The van der Waals surface area contributed by atoms with Crippen LogP contribution in [0, 0.1) is 5.92 Å². The first-order valence-electron chi connectivity index (χ1n) is 10.5. The summed E-state index contributed by atoms with van der Waals surface area (Å²) in [5, 5.41) is 11.3. The van der Waals surface area contributed by atoms with E-state index >= 15 is 0 Å². The van der Waals surface area contributed by atoms with Crippen LogP contribution in [0.5, 0.6) is 0 Å². The Morgan fingerprint density at radius 2 is 1.97 bits per heavy atom. The van der Waals surface area contributed by atoms with E-state index in [9.17, 15) is 13.2 Å². The minimum absolute atomic E-state index is 0.123. The molecule has 4 rings (SSSR count). The van der Waals surface area contributed by atoms with Crippen LogP contribution in [0.4, 0.5) is 5.13 Å². The first kappa shape index (κ1) is 22.4. The zero-order valence-electron chi connectivity index (χ0n) is 17.2. The van der Waals surface area contributed by atoms with Crippen LogP contribution in [0.25, 0.3) is 0 Å². The molecule has 0 radical (unpaired) electrons. The molecule has 1 aliphatic heterocycles. The average Bonchev–Trinajstić information content (AvgIpc) is 3.24. The largest absolute Gasteiger partial charge is 0.300 e. The summed E-state index contributed by atoms with van der Waals surface area (Å²) in [4.78, 5) is 13.0. The number of nitrogens with one attached hydrogen (secondary N) is 1. The maximum atomic E-state index is 13.1. The van der Waals surface area contributed by atoms with Gasteiger partial charge >= 0.3 is 0 Å². The van der Waals surface area contributed by atoms with Crippen molar-refractivity contribution >= 4 is 44.2 Å². The predicted molar refractivity (Wildman–Crippen MR) is 124 cm³/mol. The van der Waals surface area contributed by atoms with Gasteiger partial charge in [-0.05, 0) is 61.8 Å². The van der Waals surface area contributed by atoms with E-state index in [1.807, 2.05) is 12.1 Å². The van der Waals surface area contributed by atoms with Crippen molar-refractivity contribution in [1.29, 1.82) is 0 Å². The maximum absolute atomic E-state index is 13.1. The van der Waals surface area contributed by atoms with Gasteiger partial charge in [-0.3, -0.25) is 4.79 Å². The summed E-state index contributed by atoms with van der Waals surface area (Å²) >= 11 is 2.85. The average molecular weight is 479 g/mol. The van der Waals surface area contributed by atoms with Crippen LogP contribution in [-0.2, 0) is 27.7 Å². The van der Waals surface area contributed by atoms with Crippen molar-refractivity contribution in [1.82, 2.24) is 14.5 Å². The third-order valence-electron chi connectivity index (χ3n) is 5.74. The number of amides is 1. The topological polar surface area (TPSA) is 92.3 Å². The van der Waals surface area contributed by atoms with Gasteiger partial charge in [0.15, 0.2) is 4.34 Å². The highest BCUT2D eigenvalue weighted by Crippen LogP contribution is 2.30. The van der Waals surface area contributed by atoms with Crippen LogP contribution in [0.1, 0.15) is 36.8 Å². The molecule has 2 heterocycles. The molecular weight excluding hydrogens is 452 g/mol. The lowest BCUT2D eigenvalue weighted by molar-refractivity contribution is -0.120. The third-order valence-corrected chi connectivity index (χ3v) is 9.61. The van der Waals surface area contributed by atoms with Crippen LogP contribution >= 0.6 is 23.1 Å². The van der Waals surface area contributed by atoms with E-state index in [4.69, 9.17) is 0 Å². The standard InChI is InChI=1S/C21H26N4O3S3/c1-2-13-29-21-24-23-20(30-21)22-19(26)16-9-11-25(12-10-16)31(27,28)18-8-7-15-5-3-4-6-17(15)14-18/h2,7-8,14,16H,1,3-6,9-13H2,(H,22,23,26). The van der Waals surface area contributed by atoms with Gasteiger partial charge in [-0.25, -0.2) is 8.42 Å². The van der Waals surface area contributed by atoms with Gasteiger partial charge < -0.3 is 5.32 Å². The van der Waals surface area contributed by atoms with Crippen molar-refractivity contribution in [2.45, 2.75) is 47.8 Å². The van der Waals surface area contributed by atoms with E-state index in [0.717, 1.165) is 34.9 Å². The van der Waals surface area contributed by atoms with Crippen molar-refractivity contribution in [3.05, 3.63) is 42.0 Å². The van der Waals surface area contributed by atoms with Gasteiger partial charge in [0.05, 0.1) is 4.90 Å². The molecule has 1 saturated heterocycles. The number of sulfonamides is 1. The first-order chi connectivity index (χ1) is 15.0. The summed E-state index contributed by atoms with van der Waals surface area (Å²) in [5.41, 5.74) is 2.42. The van der Waals surface area contributed by atoms with Crippen LogP contribution < -0.4 is 5.32 Å². The second-order valence-corrected chi connectivity index (χ2v) is 12.0. The minimum Gasteiger partial charge on any atom is -0.300 e. The second-order valence-electron chi connectivity index (χ2n) is 7.78. The normalized spacial score (nSPS) is 17.8. The van der Waals surface area contributed by atoms with Gasteiger partial charge in [-0.2, -0.15) is 4.31 Å². The van der Waals surface area contributed by atoms with Crippen molar-refractivity contribution in [3.8, 4) is 0 Å². The Balaban J connectivity index is 1.35. The van der Waals surface area contributed by atoms with Gasteiger partial charge in [0.25, 0.3) is 0 Å². The van der Waals surface area contributed by atoms with Crippen molar-refractivity contribution in [2.75, 3.05) is 24.2 Å².